The summed E-state index contributed by atoms with van der Waals surface area (Å²) in [4.78, 5) is 4.31. The number of guanidine groups is 1. The van der Waals surface area contributed by atoms with Crippen LogP contribution in [0.3, 0.4) is 0 Å². The molecule has 0 amide bonds. The number of nitrogens with one attached hydrogen (secondary N) is 1. The van der Waals surface area contributed by atoms with Gasteiger partial charge >= 0.3 is 0 Å². The number of aryl methyl sites for hydroxylation is 1. The van der Waals surface area contributed by atoms with Gasteiger partial charge in [0.1, 0.15) is 0 Å². The number of hydrogen-bond acceptors (Lipinski definition) is 2. The first-order valence-corrected chi connectivity index (χ1v) is 6.79. The van der Waals surface area contributed by atoms with Crippen molar-refractivity contribution in [2.24, 2.45) is 10.7 Å². The van der Waals surface area contributed by atoms with Crippen molar-refractivity contribution in [1.82, 2.24) is 5.32 Å². The maximum absolute atomic E-state index is 5.80. The fourth-order valence-electron chi connectivity index (χ4n) is 1.84. The summed E-state index contributed by atoms with van der Waals surface area (Å²) in [6.45, 7) is 5.49. The van der Waals surface area contributed by atoms with Gasteiger partial charge in [-0.25, -0.2) is 0 Å². The van der Waals surface area contributed by atoms with Gasteiger partial charge in [0, 0.05) is 19.7 Å². The van der Waals surface area contributed by atoms with Crippen LogP contribution in [0.2, 0.25) is 0 Å². The molecule has 4 heteroatoms. The fraction of sp³-hybridized carbons (Fsp3) is 0.533. The molecular weight excluding hydrogens is 238 g/mol. The first-order chi connectivity index (χ1) is 9.15. The molecule has 1 aromatic carbocycles. The molecule has 3 N–H and O–H groups in total. The maximum atomic E-state index is 5.80. The summed E-state index contributed by atoms with van der Waals surface area (Å²) in [5.41, 5.74) is 8.45. The van der Waals surface area contributed by atoms with Crippen LogP contribution >= 0.6 is 0 Å². The van der Waals surface area contributed by atoms with Crippen LogP contribution in [0.5, 0.6) is 0 Å². The van der Waals surface area contributed by atoms with Crippen molar-refractivity contribution in [2.45, 2.75) is 32.7 Å². The van der Waals surface area contributed by atoms with E-state index in [0.717, 1.165) is 12.8 Å². The molecule has 0 radical (unpaired) electrons. The van der Waals surface area contributed by atoms with Crippen LogP contribution < -0.4 is 11.1 Å². The van der Waals surface area contributed by atoms with E-state index in [2.05, 4.69) is 41.5 Å². The third kappa shape index (κ3) is 6.25. The molecule has 4 nitrogen and oxygen atoms in total. The number of rotatable bonds is 7. The minimum Gasteiger partial charge on any atom is -0.383 e. The Morgan fingerprint density at radius 1 is 1.32 bits per heavy atom. The molecule has 0 aliphatic heterocycles. The lowest BCUT2D eigenvalue weighted by atomic mass is 10.1. The van der Waals surface area contributed by atoms with E-state index in [0.29, 0.717) is 19.1 Å². The van der Waals surface area contributed by atoms with E-state index < -0.39 is 0 Å². The molecule has 0 saturated heterocycles. The van der Waals surface area contributed by atoms with E-state index in [1.807, 2.05) is 6.92 Å². The van der Waals surface area contributed by atoms with Gasteiger partial charge in [-0.2, -0.15) is 0 Å². The molecule has 0 aliphatic rings. The van der Waals surface area contributed by atoms with Gasteiger partial charge in [0.25, 0.3) is 0 Å². The summed E-state index contributed by atoms with van der Waals surface area (Å²) in [5, 5.41) is 3.09. The predicted octanol–water partition coefficient (Wildman–Crippen LogP) is 1.73. The lowest BCUT2D eigenvalue weighted by Crippen LogP contribution is -2.40. The third-order valence-corrected chi connectivity index (χ3v) is 2.92. The second-order valence-corrected chi connectivity index (χ2v) is 4.69. The van der Waals surface area contributed by atoms with Crippen molar-refractivity contribution < 1.29 is 4.74 Å². The van der Waals surface area contributed by atoms with Crippen molar-refractivity contribution in [3.8, 4) is 0 Å². The van der Waals surface area contributed by atoms with Crippen molar-refractivity contribution in [2.75, 3.05) is 20.3 Å². The highest BCUT2D eigenvalue weighted by Gasteiger charge is 2.01. The van der Waals surface area contributed by atoms with Gasteiger partial charge in [-0.05, 0) is 30.9 Å². The zero-order valence-corrected chi connectivity index (χ0v) is 12.1. The highest BCUT2D eigenvalue weighted by atomic mass is 16.5. The van der Waals surface area contributed by atoms with Crippen LogP contribution in [0.25, 0.3) is 0 Å². The Kier molecular flexibility index (Phi) is 6.97. The first kappa shape index (κ1) is 15.5. The molecule has 19 heavy (non-hydrogen) atoms. The quantitative estimate of drug-likeness (QED) is 0.582. The lowest BCUT2D eigenvalue weighted by Gasteiger charge is -2.13. The highest BCUT2D eigenvalue weighted by molar-refractivity contribution is 5.78. The van der Waals surface area contributed by atoms with E-state index in [1.165, 1.54) is 11.1 Å². The largest absolute Gasteiger partial charge is 0.383 e. The van der Waals surface area contributed by atoms with E-state index >= 15 is 0 Å². The minimum atomic E-state index is 0.178. The first-order valence-electron chi connectivity index (χ1n) is 6.79. The van der Waals surface area contributed by atoms with Crippen LogP contribution in [-0.4, -0.2) is 32.3 Å². The summed E-state index contributed by atoms with van der Waals surface area (Å²) in [7, 11) is 1.67. The van der Waals surface area contributed by atoms with Gasteiger partial charge in [0.05, 0.1) is 6.61 Å². The molecule has 1 aromatic rings. The Balaban J connectivity index is 2.35. The van der Waals surface area contributed by atoms with Gasteiger partial charge in [-0.1, -0.05) is 31.2 Å². The Labute approximate surface area is 116 Å². The van der Waals surface area contributed by atoms with Gasteiger partial charge in [0.15, 0.2) is 5.96 Å². The topological polar surface area (TPSA) is 59.6 Å². The summed E-state index contributed by atoms with van der Waals surface area (Å²) in [6, 6.07) is 8.83. The number of benzene rings is 1. The average Bonchev–Trinajstić information content (AvgIpc) is 2.39. The van der Waals surface area contributed by atoms with E-state index in [1.54, 1.807) is 7.11 Å². The molecule has 0 heterocycles. The van der Waals surface area contributed by atoms with Crippen LogP contribution in [-0.2, 0) is 17.6 Å². The zero-order valence-electron chi connectivity index (χ0n) is 12.1. The van der Waals surface area contributed by atoms with Gasteiger partial charge in [-0.3, -0.25) is 4.99 Å². The standard InChI is InChI=1S/C15H25N3O/c1-4-13-5-7-14(8-6-13)9-10-17-15(16)18-12(2)11-19-3/h5-8,12H,4,9-11H2,1-3H3,(H3,16,17,18). The molecular formula is C15H25N3O. The average molecular weight is 263 g/mol. The van der Waals surface area contributed by atoms with Crippen molar-refractivity contribution in [3.63, 3.8) is 0 Å². The zero-order chi connectivity index (χ0) is 14.1. The summed E-state index contributed by atoms with van der Waals surface area (Å²) in [6.07, 6.45) is 1.98. The second kappa shape index (κ2) is 8.53. The van der Waals surface area contributed by atoms with Crippen molar-refractivity contribution in [3.05, 3.63) is 35.4 Å². The molecule has 0 bridgehead atoms. The smallest absolute Gasteiger partial charge is 0.188 e. The number of hydrogen-bond donors (Lipinski definition) is 2. The number of nitrogens with zero attached hydrogens (tertiary/aromatic N) is 1. The molecule has 1 unspecified atom stereocenters. The van der Waals surface area contributed by atoms with Gasteiger partial charge < -0.3 is 15.8 Å². The van der Waals surface area contributed by atoms with Gasteiger partial charge in [-0.15, -0.1) is 0 Å². The number of nitrogens with two attached hydrogens (primary N) is 1. The van der Waals surface area contributed by atoms with E-state index in [4.69, 9.17) is 10.5 Å². The molecule has 0 fully saturated rings. The summed E-state index contributed by atoms with van der Waals surface area (Å²) >= 11 is 0. The van der Waals surface area contributed by atoms with Crippen molar-refractivity contribution in [1.29, 1.82) is 0 Å². The number of methoxy groups -OCH3 is 1. The highest BCUT2D eigenvalue weighted by Crippen LogP contribution is 2.05. The SMILES string of the molecule is CCc1ccc(CCN=C(N)NC(C)COC)cc1. The summed E-state index contributed by atoms with van der Waals surface area (Å²) in [5.74, 6) is 0.481. The van der Waals surface area contributed by atoms with Gasteiger partial charge in [0.2, 0.25) is 0 Å². The van der Waals surface area contributed by atoms with Crippen molar-refractivity contribution >= 4 is 5.96 Å². The van der Waals surface area contributed by atoms with Crippen LogP contribution in [0.4, 0.5) is 0 Å². The lowest BCUT2D eigenvalue weighted by molar-refractivity contribution is 0.179. The van der Waals surface area contributed by atoms with Crippen LogP contribution in [0.1, 0.15) is 25.0 Å². The molecule has 1 rings (SSSR count). The minimum absolute atomic E-state index is 0.178. The Morgan fingerprint density at radius 2 is 1.95 bits per heavy atom. The molecule has 0 spiro atoms. The van der Waals surface area contributed by atoms with Crippen LogP contribution in [0.15, 0.2) is 29.3 Å². The molecule has 0 saturated carbocycles. The maximum Gasteiger partial charge on any atom is 0.188 e. The fourth-order valence-corrected chi connectivity index (χ4v) is 1.84. The normalized spacial score (nSPS) is 13.3. The second-order valence-electron chi connectivity index (χ2n) is 4.69. The molecule has 0 aromatic heterocycles. The van der Waals surface area contributed by atoms with E-state index in [9.17, 15) is 0 Å². The molecule has 0 aliphatic carbocycles. The Hall–Kier alpha value is -1.55. The number of aliphatic imine (C=N–C) groups is 1. The third-order valence-electron chi connectivity index (χ3n) is 2.92. The van der Waals surface area contributed by atoms with Crippen LogP contribution in [0, 0.1) is 0 Å². The molecule has 106 valence electrons. The van der Waals surface area contributed by atoms with E-state index in [-0.39, 0.29) is 6.04 Å². The number of ether oxygens (including phenoxy) is 1. The molecule has 1 atom stereocenters. The summed E-state index contributed by atoms with van der Waals surface area (Å²) < 4.78 is 5.03. The predicted molar refractivity (Wildman–Crippen MR) is 80.5 cm³/mol. The monoisotopic (exact) mass is 263 g/mol. The Morgan fingerprint density at radius 3 is 2.53 bits per heavy atom. The Bertz CT molecular complexity index is 387.